The van der Waals surface area contributed by atoms with E-state index in [1.54, 1.807) is 30.3 Å². The lowest BCUT2D eigenvalue weighted by Crippen LogP contribution is -2.23. The normalized spacial score (nSPS) is 11.8. The van der Waals surface area contributed by atoms with Crippen LogP contribution in [0.15, 0.2) is 47.4 Å². The van der Waals surface area contributed by atoms with Gasteiger partial charge in [-0.15, -0.1) is 11.8 Å². The predicted molar refractivity (Wildman–Crippen MR) is 100 cm³/mol. The minimum Gasteiger partial charge on any atom is -0.350 e. The number of hydrogen-bond donors (Lipinski definition) is 1. The fourth-order valence-electron chi connectivity index (χ4n) is 2.19. The van der Waals surface area contributed by atoms with Gasteiger partial charge in [0.1, 0.15) is 0 Å². The molecule has 0 spiro atoms. The van der Waals surface area contributed by atoms with Crippen LogP contribution in [0.5, 0.6) is 0 Å². The van der Waals surface area contributed by atoms with E-state index in [-0.39, 0.29) is 23.5 Å². The average molecular weight is 382 g/mol. The van der Waals surface area contributed by atoms with Crippen molar-refractivity contribution in [2.24, 2.45) is 0 Å². The number of carbonyl (C=O) groups excluding carboxylic acids is 2. The summed E-state index contributed by atoms with van der Waals surface area (Å²) in [4.78, 5) is 24.1. The van der Waals surface area contributed by atoms with Crippen molar-refractivity contribution in [1.29, 1.82) is 0 Å². The molecule has 1 amide bonds. The third kappa shape index (κ3) is 5.00. The number of amides is 1. The topological polar surface area (TPSA) is 46.2 Å². The van der Waals surface area contributed by atoms with Crippen LogP contribution in [-0.2, 0) is 4.79 Å². The van der Waals surface area contributed by atoms with Crippen molar-refractivity contribution >= 4 is 46.7 Å². The fraction of sp³-hybridized carbons (Fsp3) is 0.222. The SMILES string of the molecule is CC(=O)NC(C)c1ccc(C(=O)CSc2c(Cl)cccc2Cl)cc1. The van der Waals surface area contributed by atoms with Gasteiger partial charge in [-0.1, -0.05) is 53.5 Å². The van der Waals surface area contributed by atoms with E-state index in [2.05, 4.69) is 5.32 Å². The van der Waals surface area contributed by atoms with Crippen molar-refractivity contribution in [3.05, 3.63) is 63.6 Å². The quantitative estimate of drug-likeness (QED) is 0.554. The number of halogens is 2. The summed E-state index contributed by atoms with van der Waals surface area (Å²) in [5.74, 6) is 0.162. The molecule has 0 heterocycles. The van der Waals surface area contributed by atoms with Crippen LogP contribution in [0.4, 0.5) is 0 Å². The van der Waals surface area contributed by atoms with E-state index in [1.165, 1.54) is 18.7 Å². The lowest BCUT2D eigenvalue weighted by molar-refractivity contribution is -0.119. The molecule has 1 atom stereocenters. The Labute approximate surface area is 155 Å². The van der Waals surface area contributed by atoms with E-state index in [4.69, 9.17) is 23.2 Å². The molecule has 1 N–H and O–H groups in total. The minimum atomic E-state index is -0.0945. The lowest BCUT2D eigenvalue weighted by Gasteiger charge is -2.13. The first-order valence-electron chi connectivity index (χ1n) is 7.35. The van der Waals surface area contributed by atoms with Crippen LogP contribution in [0, 0.1) is 0 Å². The third-order valence-electron chi connectivity index (χ3n) is 3.42. The molecule has 0 saturated carbocycles. The van der Waals surface area contributed by atoms with Crippen molar-refractivity contribution in [2.45, 2.75) is 24.8 Å². The van der Waals surface area contributed by atoms with Gasteiger partial charge < -0.3 is 5.32 Å². The molecule has 0 aliphatic carbocycles. The number of thioether (sulfide) groups is 1. The molecule has 1 unspecified atom stereocenters. The summed E-state index contributed by atoms with van der Waals surface area (Å²) in [6, 6.07) is 12.4. The zero-order valence-corrected chi connectivity index (χ0v) is 15.6. The van der Waals surface area contributed by atoms with Crippen LogP contribution in [0.3, 0.4) is 0 Å². The molecule has 0 aliphatic heterocycles. The maximum Gasteiger partial charge on any atom is 0.217 e. The molecule has 126 valence electrons. The second-order valence-electron chi connectivity index (χ2n) is 5.31. The predicted octanol–water partition coefficient (Wildman–Crippen LogP) is 5.17. The maximum atomic E-state index is 12.3. The van der Waals surface area contributed by atoms with Crippen molar-refractivity contribution in [3.8, 4) is 0 Å². The zero-order valence-electron chi connectivity index (χ0n) is 13.3. The van der Waals surface area contributed by atoms with Gasteiger partial charge in [-0.2, -0.15) is 0 Å². The monoisotopic (exact) mass is 381 g/mol. The van der Waals surface area contributed by atoms with Crippen molar-refractivity contribution < 1.29 is 9.59 Å². The molecule has 0 radical (unpaired) electrons. The highest BCUT2D eigenvalue weighted by Crippen LogP contribution is 2.34. The molecule has 0 aliphatic rings. The number of ketones is 1. The zero-order chi connectivity index (χ0) is 17.7. The number of hydrogen-bond acceptors (Lipinski definition) is 3. The third-order valence-corrected chi connectivity index (χ3v) is 5.41. The van der Waals surface area contributed by atoms with Gasteiger partial charge in [-0.05, 0) is 24.6 Å². The summed E-state index contributed by atoms with van der Waals surface area (Å²) in [7, 11) is 0. The summed E-state index contributed by atoms with van der Waals surface area (Å²) in [5, 5.41) is 3.89. The summed E-state index contributed by atoms with van der Waals surface area (Å²) in [6.07, 6.45) is 0. The van der Waals surface area contributed by atoms with Crippen molar-refractivity contribution in [3.63, 3.8) is 0 Å². The van der Waals surface area contributed by atoms with E-state index < -0.39 is 0 Å². The molecule has 0 saturated heterocycles. The summed E-state index contributed by atoms with van der Waals surface area (Å²) in [5.41, 5.74) is 1.56. The number of nitrogens with one attached hydrogen (secondary N) is 1. The average Bonchev–Trinajstić information content (AvgIpc) is 2.53. The van der Waals surface area contributed by atoms with Crippen molar-refractivity contribution in [2.75, 3.05) is 5.75 Å². The summed E-state index contributed by atoms with van der Waals surface area (Å²) >= 11 is 13.5. The Morgan fingerprint density at radius 1 is 1.08 bits per heavy atom. The van der Waals surface area contributed by atoms with Gasteiger partial charge in [0.25, 0.3) is 0 Å². The molecule has 2 aromatic carbocycles. The second kappa shape index (κ2) is 8.56. The smallest absolute Gasteiger partial charge is 0.217 e. The van der Waals surface area contributed by atoms with Crippen LogP contribution in [0.2, 0.25) is 10.0 Å². The maximum absolute atomic E-state index is 12.3. The van der Waals surface area contributed by atoms with Crippen LogP contribution in [-0.4, -0.2) is 17.4 Å². The van der Waals surface area contributed by atoms with Crippen molar-refractivity contribution in [1.82, 2.24) is 5.32 Å². The number of Topliss-reactive ketones (excluding diaryl/α,β-unsaturated/α-hetero) is 1. The summed E-state index contributed by atoms with van der Waals surface area (Å²) < 4.78 is 0. The second-order valence-corrected chi connectivity index (χ2v) is 7.11. The Bertz CT molecular complexity index is 727. The van der Waals surface area contributed by atoms with Crippen LogP contribution >= 0.6 is 35.0 Å². The van der Waals surface area contributed by atoms with Gasteiger partial charge in [0.2, 0.25) is 5.91 Å². The largest absolute Gasteiger partial charge is 0.350 e. The number of benzene rings is 2. The van der Waals surface area contributed by atoms with Gasteiger partial charge in [-0.25, -0.2) is 0 Å². The highest BCUT2D eigenvalue weighted by Gasteiger charge is 2.12. The first kappa shape index (κ1) is 18.8. The number of carbonyl (C=O) groups is 2. The van der Waals surface area contributed by atoms with Gasteiger partial charge >= 0.3 is 0 Å². The van der Waals surface area contributed by atoms with Gasteiger partial charge in [-0.3, -0.25) is 9.59 Å². The molecule has 2 rings (SSSR count). The first-order chi connectivity index (χ1) is 11.4. The van der Waals surface area contributed by atoms with E-state index in [0.29, 0.717) is 20.5 Å². The van der Waals surface area contributed by atoms with Gasteiger partial charge in [0.05, 0.1) is 21.8 Å². The Kier molecular flexibility index (Phi) is 6.72. The lowest BCUT2D eigenvalue weighted by atomic mass is 10.0. The molecule has 0 fully saturated rings. The van der Waals surface area contributed by atoms with E-state index in [0.717, 1.165) is 5.56 Å². The van der Waals surface area contributed by atoms with Gasteiger partial charge in [0.15, 0.2) is 5.78 Å². The Morgan fingerprint density at radius 3 is 2.21 bits per heavy atom. The Morgan fingerprint density at radius 2 is 1.67 bits per heavy atom. The van der Waals surface area contributed by atoms with E-state index in [1.807, 2.05) is 19.1 Å². The number of rotatable bonds is 6. The van der Waals surface area contributed by atoms with Crippen LogP contribution in [0.1, 0.15) is 35.8 Å². The van der Waals surface area contributed by atoms with Crippen LogP contribution in [0.25, 0.3) is 0 Å². The molecule has 0 aromatic heterocycles. The van der Waals surface area contributed by atoms with Gasteiger partial charge in [0, 0.05) is 17.4 Å². The highest BCUT2D eigenvalue weighted by atomic mass is 35.5. The molecule has 3 nitrogen and oxygen atoms in total. The summed E-state index contributed by atoms with van der Waals surface area (Å²) in [6.45, 7) is 3.37. The Balaban J connectivity index is 2.01. The van der Waals surface area contributed by atoms with E-state index >= 15 is 0 Å². The molecule has 0 bridgehead atoms. The highest BCUT2D eigenvalue weighted by molar-refractivity contribution is 8.00. The standard InChI is InChI=1S/C18H17Cl2NO2S/c1-11(21-12(2)22)13-6-8-14(9-7-13)17(23)10-24-18-15(19)4-3-5-16(18)20/h3-9,11H,10H2,1-2H3,(H,21,22). The van der Waals surface area contributed by atoms with Crippen LogP contribution < -0.4 is 5.32 Å². The minimum absolute atomic E-state index is 0.00489. The molecule has 24 heavy (non-hydrogen) atoms. The molecular formula is C18H17Cl2NO2S. The molecule has 2 aromatic rings. The molecule has 6 heteroatoms. The fourth-order valence-corrected chi connectivity index (χ4v) is 3.77. The first-order valence-corrected chi connectivity index (χ1v) is 9.09. The van der Waals surface area contributed by atoms with E-state index in [9.17, 15) is 9.59 Å². The molecular weight excluding hydrogens is 365 g/mol. The Hall–Kier alpha value is -1.49.